The first-order valence-electron chi connectivity index (χ1n) is 6.43. The second kappa shape index (κ2) is 6.89. The zero-order valence-electron chi connectivity index (χ0n) is 11.8. The Kier molecular flexibility index (Phi) is 5.71. The highest BCUT2D eigenvalue weighted by molar-refractivity contribution is 7.80. The molecule has 21 heavy (non-hydrogen) atoms. The van der Waals surface area contributed by atoms with Gasteiger partial charge in [-0.1, -0.05) is 31.3 Å². The Balaban J connectivity index is 3.09. The Bertz CT molecular complexity index is 531. The first kappa shape index (κ1) is 17.4. The van der Waals surface area contributed by atoms with Crippen LogP contribution in [0.4, 0.5) is 13.2 Å². The van der Waals surface area contributed by atoms with Gasteiger partial charge >= 0.3 is 6.18 Å². The standard InChI is InChI=1S/C14H17F3N2OS/c1-3-19(8-9(2)12(18)21)13(20)10-6-4-5-7-11(10)14(15,16)17/h4-7,9H,3,8H2,1-2H3,(H2,18,21). The van der Waals surface area contributed by atoms with Gasteiger partial charge in [-0.05, 0) is 19.1 Å². The van der Waals surface area contributed by atoms with Crippen LogP contribution >= 0.6 is 12.2 Å². The van der Waals surface area contributed by atoms with Crippen LogP contribution in [0.1, 0.15) is 29.8 Å². The first-order valence-corrected chi connectivity index (χ1v) is 6.84. The molecule has 0 aromatic heterocycles. The van der Waals surface area contributed by atoms with E-state index in [0.29, 0.717) is 0 Å². The van der Waals surface area contributed by atoms with Crippen LogP contribution in [0.3, 0.4) is 0 Å². The average Bonchev–Trinajstić information content (AvgIpc) is 2.42. The highest BCUT2D eigenvalue weighted by Crippen LogP contribution is 2.32. The summed E-state index contributed by atoms with van der Waals surface area (Å²) < 4.78 is 38.9. The molecule has 0 saturated carbocycles. The van der Waals surface area contributed by atoms with Gasteiger partial charge in [0.2, 0.25) is 0 Å². The molecule has 0 aliphatic rings. The number of halogens is 3. The molecule has 2 N–H and O–H groups in total. The van der Waals surface area contributed by atoms with E-state index in [0.717, 1.165) is 6.07 Å². The SMILES string of the molecule is CCN(CC(C)C(N)=S)C(=O)c1ccccc1C(F)(F)F. The van der Waals surface area contributed by atoms with Gasteiger partial charge in [0.15, 0.2) is 0 Å². The van der Waals surface area contributed by atoms with Crippen molar-refractivity contribution in [3.8, 4) is 0 Å². The molecule has 7 heteroatoms. The topological polar surface area (TPSA) is 46.3 Å². The van der Waals surface area contributed by atoms with Crippen LogP contribution in [-0.2, 0) is 6.18 Å². The van der Waals surface area contributed by atoms with Gasteiger partial charge in [-0.2, -0.15) is 13.2 Å². The fourth-order valence-corrected chi connectivity index (χ4v) is 1.94. The Morgan fingerprint density at radius 2 is 1.95 bits per heavy atom. The number of hydrogen-bond donors (Lipinski definition) is 1. The molecular weight excluding hydrogens is 301 g/mol. The summed E-state index contributed by atoms with van der Waals surface area (Å²) >= 11 is 4.83. The quantitative estimate of drug-likeness (QED) is 0.849. The highest BCUT2D eigenvalue weighted by atomic mass is 32.1. The lowest BCUT2D eigenvalue weighted by Crippen LogP contribution is -2.38. The number of nitrogens with two attached hydrogens (primary N) is 1. The summed E-state index contributed by atoms with van der Waals surface area (Å²) in [5.41, 5.74) is 4.20. The van der Waals surface area contributed by atoms with Crippen molar-refractivity contribution in [1.29, 1.82) is 0 Å². The molecule has 1 rings (SSSR count). The van der Waals surface area contributed by atoms with Crippen molar-refractivity contribution in [2.45, 2.75) is 20.0 Å². The number of thiocarbonyl (C=S) groups is 1. The molecule has 1 atom stereocenters. The summed E-state index contributed by atoms with van der Waals surface area (Å²) in [4.78, 5) is 13.9. The molecule has 0 fully saturated rings. The first-order chi connectivity index (χ1) is 9.68. The van der Waals surface area contributed by atoms with Crippen LogP contribution in [0, 0.1) is 5.92 Å². The van der Waals surface area contributed by atoms with Crippen molar-refractivity contribution >= 4 is 23.1 Å². The van der Waals surface area contributed by atoms with Gasteiger partial charge in [0.25, 0.3) is 5.91 Å². The van der Waals surface area contributed by atoms with Gasteiger partial charge in [-0.25, -0.2) is 0 Å². The van der Waals surface area contributed by atoms with Crippen molar-refractivity contribution in [1.82, 2.24) is 4.90 Å². The van der Waals surface area contributed by atoms with Crippen molar-refractivity contribution in [3.05, 3.63) is 35.4 Å². The van der Waals surface area contributed by atoms with E-state index in [4.69, 9.17) is 18.0 Å². The summed E-state index contributed by atoms with van der Waals surface area (Å²) in [6, 6.07) is 4.75. The van der Waals surface area contributed by atoms with Crippen LogP contribution in [0.2, 0.25) is 0 Å². The lowest BCUT2D eigenvalue weighted by molar-refractivity contribution is -0.138. The van der Waals surface area contributed by atoms with E-state index in [-0.39, 0.29) is 29.6 Å². The van der Waals surface area contributed by atoms with E-state index in [1.54, 1.807) is 13.8 Å². The molecule has 0 saturated heterocycles. The van der Waals surface area contributed by atoms with E-state index in [2.05, 4.69) is 0 Å². The largest absolute Gasteiger partial charge is 0.417 e. The van der Waals surface area contributed by atoms with Gasteiger partial charge in [-0.3, -0.25) is 4.79 Å². The van der Waals surface area contributed by atoms with Crippen molar-refractivity contribution in [2.24, 2.45) is 11.7 Å². The van der Waals surface area contributed by atoms with Gasteiger partial charge in [0, 0.05) is 19.0 Å². The summed E-state index contributed by atoms with van der Waals surface area (Å²) in [6.07, 6.45) is -4.57. The Morgan fingerprint density at radius 3 is 2.43 bits per heavy atom. The smallest absolute Gasteiger partial charge is 0.393 e. The highest BCUT2D eigenvalue weighted by Gasteiger charge is 2.35. The monoisotopic (exact) mass is 318 g/mol. The maximum Gasteiger partial charge on any atom is 0.417 e. The zero-order valence-corrected chi connectivity index (χ0v) is 12.6. The normalized spacial score (nSPS) is 12.8. The third kappa shape index (κ3) is 4.42. The average molecular weight is 318 g/mol. The fourth-order valence-electron chi connectivity index (χ4n) is 1.86. The zero-order chi connectivity index (χ0) is 16.2. The van der Waals surface area contributed by atoms with Crippen LogP contribution in [-0.4, -0.2) is 28.9 Å². The van der Waals surface area contributed by atoms with Gasteiger partial charge < -0.3 is 10.6 Å². The number of amides is 1. The Labute approximate surface area is 126 Å². The van der Waals surface area contributed by atoms with Crippen LogP contribution < -0.4 is 5.73 Å². The maximum absolute atomic E-state index is 13.0. The third-order valence-electron chi connectivity index (χ3n) is 3.11. The third-order valence-corrected chi connectivity index (χ3v) is 3.51. The summed E-state index contributed by atoms with van der Waals surface area (Å²) in [7, 11) is 0. The predicted octanol–water partition coefficient (Wildman–Crippen LogP) is 3.09. The Morgan fingerprint density at radius 1 is 1.38 bits per heavy atom. The molecule has 0 spiro atoms. The molecular formula is C14H17F3N2OS. The fraction of sp³-hybridized carbons (Fsp3) is 0.429. The van der Waals surface area contributed by atoms with Gasteiger partial charge in [0.1, 0.15) is 0 Å². The summed E-state index contributed by atoms with van der Waals surface area (Å²) in [5, 5.41) is 0. The lowest BCUT2D eigenvalue weighted by Gasteiger charge is -2.25. The molecule has 0 bridgehead atoms. The van der Waals surface area contributed by atoms with Crippen LogP contribution in [0.5, 0.6) is 0 Å². The second-order valence-electron chi connectivity index (χ2n) is 4.69. The molecule has 0 heterocycles. The van der Waals surface area contributed by atoms with Gasteiger partial charge in [-0.15, -0.1) is 0 Å². The van der Waals surface area contributed by atoms with Crippen LogP contribution in [0.15, 0.2) is 24.3 Å². The second-order valence-corrected chi connectivity index (χ2v) is 5.16. The number of carbonyl (C=O) groups excluding carboxylic acids is 1. The number of alkyl halides is 3. The van der Waals surface area contributed by atoms with E-state index >= 15 is 0 Å². The molecule has 116 valence electrons. The van der Waals surface area contributed by atoms with Crippen molar-refractivity contribution in [3.63, 3.8) is 0 Å². The van der Waals surface area contributed by atoms with E-state index in [1.807, 2.05) is 0 Å². The number of nitrogens with zero attached hydrogens (tertiary/aromatic N) is 1. The van der Waals surface area contributed by atoms with Crippen LogP contribution in [0.25, 0.3) is 0 Å². The number of benzene rings is 1. The molecule has 1 aromatic carbocycles. The Hall–Kier alpha value is -1.63. The molecule has 0 aliphatic heterocycles. The van der Waals surface area contributed by atoms with Crippen molar-refractivity contribution < 1.29 is 18.0 Å². The molecule has 1 amide bonds. The predicted molar refractivity (Wildman–Crippen MR) is 79.0 cm³/mol. The minimum absolute atomic E-state index is 0.191. The van der Waals surface area contributed by atoms with E-state index in [1.165, 1.54) is 23.1 Å². The summed E-state index contributed by atoms with van der Waals surface area (Å²) in [5.74, 6) is -0.935. The number of rotatable bonds is 5. The maximum atomic E-state index is 13.0. The van der Waals surface area contributed by atoms with Crippen molar-refractivity contribution in [2.75, 3.05) is 13.1 Å². The molecule has 0 aliphatic carbocycles. The molecule has 1 aromatic rings. The van der Waals surface area contributed by atoms with E-state index in [9.17, 15) is 18.0 Å². The molecule has 1 unspecified atom stereocenters. The minimum Gasteiger partial charge on any atom is -0.393 e. The lowest BCUT2D eigenvalue weighted by atomic mass is 10.0. The minimum atomic E-state index is -4.57. The van der Waals surface area contributed by atoms with E-state index < -0.39 is 17.6 Å². The number of carbonyl (C=O) groups is 1. The molecule has 3 nitrogen and oxygen atoms in total. The van der Waals surface area contributed by atoms with Gasteiger partial charge in [0.05, 0.1) is 16.1 Å². The number of hydrogen-bond acceptors (Lipinski definition) is 2. The summed E-state index contributed by atoms with van der Waals surface area (Å²) in [6.45, 7) is 3.89. The molecule has 0 radical (unpaired) electrons.